The van der Waals surface area contributed by atoms with E-state index in [0.717, 1.165) is 0 Å². The van der Waals surface area contributed by atoms with Crippen molar-refractivity contribution < 1.29 is 8.78 Å². The largest absolute Gasteiger partial charge is 0.373 e. The van der Waals surface area contributed by atoms with Crippen LogP contribution in [0.15, 0.2) is 24.5 Å². The lowest BCUT2D eigenvalue weighted by atomic mass is 9.97. The fraction of sp³-hybridized carbons (Fsp3) is 0.286. The van der Waals surface area contributed by atoms with Crippen LogP contribution >= 0.6 is 0 Å². The van der Waals surface area contributed by atoms with Crippen molar-refractivity contribution in [1.82, 2.24) is 9.97 Å². The Morgan fingerprint density at radius 3 is 2.26 bits per heavy atom. The van der Waals surface area contributed by atoms with E-state index in [1.165, 1.54) is 24.5 Å². The molecule has 2 rings (SSSR count). The number of benzene rings is 1. The van der Waals surface area contributed by atoms with E-state index in [2.05, 4.69) is 15.3 Å². The standard InChI is InChI=1S/C14H15F2N3/c1-8(2)11-13(18-7-19-14(11)17-3)12-9(15)5-4-6-10(12)16/h4-8H,1-3H3,(H,17,18,19). The molecule has 0 bridgehead atoms. The molecule has 0 radical (unpaired) electrons. The second kappa shape index (κ2) is 5.30. The van der Waals surface area contributed by atoms with Crippen LogP contribution in [0, 0.1) is 11.6 Å². The third-order valence-corrected chi connectivity index (χ3v) is 2.90. The third-order valence-electron chi connectivity index (χ3n) is 2.90. The van der Waals surface area contributed by atoms with Gasteiger partial charge in [0.25, 0.3) is 0 Å². The van der Waals surface area contributed by atoms with Gasteiger partial charge in [-0.1, -0.05) is 19.9 Å². The summed E-state index contributed by atoms with van der Waals surface area (Å²) in [5, 5.41) is 2.93. The van der Waals surface area contributed by atoms with Gasteiger partial charge in [0.2, 0.25) is 0 Å². The molecule has 0 unspecified atom stereocenters. The van der Waals surface area contributed by atoms with Crippen LogP contribution in [0.5, 0.6) is 0 Å². The molecule has 1 N–H and O–H groups in total. The van der Waals surface area contributed by atoms with Crippen molar-refractivity contribution in [3.05, 3.63) is 41.7 Å². The van der Waals surface area contributed by atoms with Crippen LogP contribution < -0.4 is 5.32 Å². The molecular formula is C14H15F2N3. The van der Waals surface area contributed by atoms with E-state index in [0.29, 0.717) is 17.1 Å². The maximum Gasteiger partial charge on any atom is 0.135 e. The van der Waals surface area contributed by atoms with E-state index in [9.17, 15) is 8.78 Å². The highest BCUT2D eigenvalue weighted by molar-refractivity contribution is 5.70. The first-order chi connectivity index (χ1) is 9.06. The first kappa shape index (κ1) is 13.4. The predicted octanol–water partition coefficient (Wildman–Crippen LogP) is 3.59. The average Bonchev–Trinajstić information content (AvgIpc) is 2.37. The van der Waals surface area contributed by atoms with Crippen molar-refractivity contribution >= 4 is 5.82 Å². The number of nitrogens with one attached hydrogen (secondary N) is 1. The number of halogens is 2. The Kier molecular flexibility index (Phi) is 3.74. The van der Waals surface area contributed by atoms with Gasteiger partial charge in [0.05, 0.1) is 11.3 Å². The highest BCUT2D eigenvalue weighted by atomic mass is 19.1. The van der Waals surface area contributed by atoms with Crippen LogP contribution in [0.1, 0.15) is 25.3 Å². The minimum atomic E-state index is -0.623. The SMILES string of the molecule is CNc1ncnc(-c2c(F)cccc2F)c1C(C)C. The Morgan fingerprint density at radius 2 is 1.74 bits per heavy atom. The van der Waals surface area contributed by atoms with Gasteiger partial charge in [0, 0.05) is 12.6 Å². The number of hydrogen-bond donors (Lipinski definition) is 1. The van der Waals surface area contributed by atoms with Crippen molar-refractivity contribution in [2.75, 3.05) is 12.4 Å². The third kappa shape index (κ3) is 2.41. The Hall–Kier alpha value is -2.04. The van der Waals surface area contributed by atoms with Crippen molar-refractivity contribution in [2.45, 2.75) is 19.8 Å². The molecule has 0 atom stereocenters. The zero-order valence-corrected chi connectivity index (χ0v) is 11.0. The van der Waals surface area contributed by atoms with E-state index < -0.39 is 11.6 Å². The highest BCUT2D eigenvalue weighted by Gasteiger charge is 2.20. The molecule has 1 aromatic heterocycles. The molecular weight excluding hydrogens is 248 g/mol. The zero-order chi connectivity index (χ0) is 14.0. The second-order valence-electron chi connectivity index (χ2n) is 4.49. The van der Waals surface area contributed by atoms with E-state index in [4.69, 9.17) is 0 Å². The molecule has 2 aromatic rings. The van der Waals surface area contributed by atoms with Gasteiger partial charge in [-0.2, -0.15) is 0 Å². The van der Waals surface area contributed by atoms with E-state index in [1.807, 2.05) is 13.8 Å². The molecule has 3 nitrogen and oxygen atoms in total. The molecule has 0 aliphatic carbocycles. The molecule has 0 saturated carbocycles. The Balaban J connectivity index is 2.76. The first-order valence-corrected chi connectivity index (χ1v) is 6.03. The van der Waals surface area contributed by atoms with Crippen LogP contribution in [0.3, 0.4) is 0 Å². The molecule has 0 spiro atoms. The summed E-state index contributed by atoms with van der Waals surface area (Å²) in [5.74, 6) is -0.620. The molecule has 0 saturated heterocycles. The molecule has 100 valence electrons. The van der Waals surface area contributed by atoms with Crippen LogP contribution in [-0.2, 0) is 0 Å². The van der Waals surface area contributed by atoms with Gasteiger partial charge < -0.3 is 5.32 Å². The van der Waals surface area contributed by atoms with Crippen molar-refractivity contribution in [1.29, 1.82) is 0 Å². The molecule has 0 aliphatic heterocycles. The average molecular weight is 263 g/mol. The number of hydrogen-bond acceptors (Lipinski definition) is 3. The maximum absolute atomic E-state index is 13.9. The van der Waals surface area contributed by atoms with Gasteiger partial charge >= 0.3 is 0 Å². The summed E-state index contributed by atoms with van der Waals surface area (Å²) in [6, 6.07) is 3.79. The fourth-order valence-electron chi connectivity index (χ4n) is 2.06. The zero-order valence-electron chi connectivity index (χ0n) is 11.0. The number of anilines is 1. The second-order valence-corrected chi connectivity index (χ2v) is 4.49. The number of aromatic nitrogens is 2. The summed E-state index contributed by atoms with van der Waals surface area (Å²) in [6.07, 6.45) is 1.30. The maximum atomic E-state index is 13.9. The van der Waals surface area contributed by atoms with Gasteiger partial charge in [0.1, 0.15) is 23.8 Å². The lowest BCUT2D eigenvalue weighted by molar-refractivity contribution is 0.588. The summed E-state index contributed by atoms with van der Waals surface area (Å²) in [7, 11) is 1.72. The number of rotatable bonds is 3. The van der Waals surface area contributed by atoms with Crippen LogP contribution in [0.4, 0.5) is 14.6 Å². The molecule has 0 fully saturated rings. The van der Waals surface area contributed by atoms with Crippen molar-refractivity contribution in [2.24, 2.45) is 0 Å². The first-order valence-electron chi connectivity index (χ1n) is 6.03. The van der Waals surface area contributed by atoms with Gasteiger partial charge in [0.15, 0.2) is 0 Å². The summed E-state index contributed by atoms with van der Waals surface area (Å²) < 4.78 is 27.8. The quantitative estimate of drug-likeness (QED) is 0.919. The van der Waals surface area contributed by atoms with E-state index in [1.54, 1.807) is 7.05 Å². The molecule has 5 heteroatoms. The molecule has 1 heterocycles. The van der Waals surface area contributed by atoms with Gasteiger partial charge in [-0.05, 0) is 18.1 Å². The van der Waals surface area contributed by atoms with Gasteiger partial charge in [-0.15, -0.1) is 0 Å². The highest BCUT2D eigenvalue weighted by Crippen LogP contribution is 2.34. The predicted molar refractivity (Wildman–Crippen MR) is 71.0 cm³/mol. The summed E-state index contributed by atoms with van der Waals surface area (Å²) in [5.41, 5.74) is 0.893. The van der Waals surface area contributed by atoms with Crippen molar-refractivity contribution in [3.63, 3.8) is 0 Å². The molecule has 0 aliphatic rings. The Bertz CT molecular complexity index is 577. The minimum Gasteiger partial charge on any atom is -0.373 e. The minimum absolute atomic E-state index is 0.0395. The van der Waals surface area contributed by atoms with Crippen LogP contribution in [0.25, 0.3) is 11.3 Å². The topological polar surface area (TPSA) is 37.8 Å². The van der Waals surface area contributed by atoms with Gasteiger partial charge in [-0.25, -0.2) is 18.7 Å². The van der Waals surface area contributed by atoms with Crippen molar-refractivity contribution in [3.8, 4) is 11.3 Å². The van der Waals surface area contributed by atoms with Gasteiger partial charge in [-0.3, -0.25) is 0 Å². The van der Waals surface area contributed by atoms with E-state index >= 15 is 0 Å². The fourth-order valence-corrected chi connectivity index (χ4v) is 2.06. The Labute approximate surface area is 110 Å². The normalized spacial score (nSPS) is 10.8. The van der Waals surface area contributed by atoms with Crippen LogP contribution in [0.2, 0.25) is 0 Å². The Morgan fingerprint density at radius 1 is 1.11 bits per heavy atom. The summed E-state index contributed by atoms with van der Waals surface area (Å²) >= 11 is 0. The van der Waals surface area contributed by atoms with E-state index in [-0.39, 0.29) is 11.5 Å². The summed E-state index contributed by atoms with van der Waals surface area (Å²) in [4.78, 5) is 8.17. The lowest BCUT2D eigenvalue weighted by Crippen LogP contribution is -2.06. The monoisotopic (exact) mass is 263 g/mol. The smallest absolute Gasteiger partial charge is 0.135 e. The molecule has 19 heavy (non-hydrogen) atoms. The van der Waals surface area contributed by atoms with Crippen LogP contribution in [-0.4, -0.2) is 17.0 Å². The summed E-state index contributed by atoms with van der Waals surface area (Å²) in [6.45, 7) is 3.86. The molecule has 0 amide bonds. The number of nitrogens with zero attached hydrogens (tertiary/aromatic N) is 2. The lowest BCUT2D eigenvalue weighted by Gasteiger charge is -2.16. The molecule has 1 aromatic carbocycles.